The number of ether oxygens (including phenoxy) is 1. The van der Waals surface area contributed by atoms with Crippen molar-refractivity contribution in [3.63, 3.8) is 0 Å². The van der Waals surface area contributed by atoms with Gasteiger partial charge in [0, 0.05) is 23.5 Å². The number of carbonyl (C=O) groups excluding carboxylic acids is 1. The lowest BCUT2D eigenvalue weighted by Gasteiger charge is -2.10. The minimum atomic E-state index is -0.342. The van der Waals surface area contributed by atoms with Crippen LogP contribution in [0.3, 0.4) is 0 Å². The van der Waals surface area contributed by atoms with Gasteiger partial charge in [-0.1, -0.05) is 29.8 Å². The lowest BCUT2D eigenvalue weighted by Crippen LogP contribution is -2.05. The van der Waals surface area contributed by atoms with Gasteiger partial charge < -0.3 is 15.4 Å². The van der Waals surface area contributed by atoms with E-state index in [-0.39, 0.29) is 5.97 Å². The fourth-order valence-corrected chi connectivity index (χ4v) is 2.58. The molecule has 0 spiro atoms. The molecule has 138 valence electrons. The largest absolute Gasteiger partial charge is 0.462 e. The molecule has 0 fully saturated rings. The maximum atomic E-state index is 11.7. The van der Waals surface area contributed by atoms with Gasteiger partial charge in [0.15, 0.2) is 0 Å². The van der Waals surface area contributed by atoms with Crippen LogP contribution in [0.2, 0.25) is 5.02 Å². The predicted octanol–water partition coefficient (Wildman–Crippen LogP) is 4.66. The van der Waals surface area contributed by atoms with Crippen LogP contribution in [0.4, 0.5) is 17.5 Å². The average Bonchev–Trinajstić information content (AvgIpc) is 2.68. The highest BCUT2D eigenvalue weighted by atomic mass is 35.5. The van der Waals surface area contributed by atoms with Gasteiger partial charge in [-0.05, 0) is 48.9 Å². The van der Waals surface area contributed by atoms with Crippen LogP contribution < -0.4 is 10.6 Å². The summed E-state index contributed by atoms with van der Waals surface area (Å²) in [6.07, 6.45) is 1.66. The predicted molar refractivity (Wildman–Crippen MR) is 106 cm³/mol. The van der Waals surface area contributed by atoms with Gasteiger partial charge in [0.2, 0.25) is 5.95 Å². The number of anilines is 3. The summed E-state index contributed by atoms with van der Waals surface area (Å²) in [5.41, 5.74) is 2.26. The number of rotatable bonds is 7. The molecule has 1 aromatic heterocycles. The number of benzene rings is 2. The fourth-order valence-electron chi connectivity index (χ4n) is 2.38. The van der Waals surface area contributed by atoms with Gasteiger partial charge in [-0.15, -0.1) is 0 Å². The Hall–Kier alpha value is -3.12. The third-order valence-electron chi connectivity index (χ3n) is 3.73. The first-order chi connectivity index (χ1) is 13.2. The molecule has 0 aliphatic rings. The first-order valence-corrected chi connectivity index (χ1v) is 8.88. The monoisotopic (exact) mass is 382 g/mol. The normalized spacial score (nSPS) is 10.3. The Bertz CT molecular complexity index is 916. The molecule has 3 aromatic rings. The highest BCUT2D eigenvalue weighted by Gasteiger charge is 2.06. The molecule has 6 nitrogen and oxygen atoms in total. The van der Waals surface area contributed by atoms with Crippen molar-refractivity contribution in [1.29, 1.82) is 0 Å². The second kappa shape index (κ2) is 9.00. The van der Waals surface area contributed by atoms with Gasteiger partial charge in [-0.3, -0.25) is 0 Å². The van der Waals surface area contributed by atoms with E-state index in [2.05, 4.69) is 20.6 Å². The summed E-state index contributed by atoms with van der Waals surface area (Å²) in [7, 11) is 0. The summed E-state index contributed by atoms with van der Waals surface area (Å²) in [5.74, 6) is 0.782. The highest BCUT2D eigenvalue weighted by Crippen LogP contribution is 2.18. The van der Waals surface area contributed by atoms with E-state index in [0.29, 0.717) is 35.5 Å². The maximum absolute atomic E-state index is 11.7. The zero-order valence-corrected chi connectivity index (χ0v) is 15.5. The Labute approximate surface area is 162 Å². The summed E-state index contributed by atoms with van der Waals surface area (Å²) in [6.45, 7) is 2.68. The van der Waals surface area contributed by atoms with Crippen molar-refractivity contribution in [3.8, 4) is 0 Å². The summed E-state index contributed by atoms with van der Waals surface area (Å²) >= 11 is 6.17. The topological polar surface area (TPSA) is 76.1 Å². The molecule has 0 aliphatic heterocycles. The van der Waals surface area contributed by atoms with Crippen LogP contribution in [-0.4, -0.2) is 22.5 Å². The summed E-state index contributed by atoms with van der Waals surface area (Å²) in [4.78, 5) is 20.3. The smallest absolute Gasteiger partial charge is 0.338 e. The maximum Gasteiger partial charge on any atom is 0.338 e. The number of hydrogen-bond acceptors (Lipinski definition) is 6. The first-order valence-electron chi connectivity index (χ1n) is 8.50. The van der Waals surface area contributed by atoms with Gasteiger partial charge in [-0.2, -0.15) is 4.98 Å². The van der Waals surface area contributed by atoms with Crippen molar-refractivity contribution < 1.29 is 9.53 Å². The van der Waals surface area contributed by atoms with E-state index in [0.717, 1.165) is 11.3 Å². The summed E-state index contributed by atoms with van der Waals surface area (Å²) in [5, 5.41) is 7.05. The van der Waals surface area contributed by atoms with E-state index in [9.17, 15) is 4.79 Å². The van der Waals surface area contributed by atoms with Crippen LogP contribution in [0, 0.1) is 0 Å². The second-order valence-electron chi connectivity index (χ2n) is 5.63. The van der Waals surface area contributed by atoms with Gasteiger partial charge in [-0.25, -0.2) is 9.78 Å². The SMILES string of the molecule is CCOC(=O)c1ccc(Nc2nccc(NCc3ccccc3Cl)n2)cc1. The zero-order chi connectivity index (χ0) is 19.1. The molecule has 0 amide bonds. The first kappa shape index (κ1) is 18.7. The molecule has 0 atom stereocenters. The lowest BCUT2D eigenvalue weighted by molar-refractivity contribution is 0.0526. The second-order valence-corrected chi connectivity index (χ2v) is 6.04. The van der Waals surface area contributed by atoms with E-state index in [1.165, 1.54) is 0 Å². The van der Waals surface area contributed by atoms with Crippen LogP contribution in [0.15, 0.2) is 60.8 Å². The number of hydrogen-bond donors (Lipinski definition) is 2. The summed E-state index contributed by atoms with van der Waals surface area (Å²) in [6, 6.07) is 16.4. The van der Waals surface area contributed by atoms with Crippen molar-refractivity contribution in [1.82, 2.24) is 9.97 Å². The van der Waals surface area contributed by atoms with Crippen LogP contribution in [-0.2, 0) is 11.3 Å². The van der Waals surface area contributed by atoms with Crippen molar-refractivity contribution >= 4 is 35.0 Å². The molecule has 0 saturated heterocycles. The average molecular weight is 383 g/mol. The Kier molecular flexibility index (Phi) is 6.22. The number of esters is 1. The van der Waals surface area contributed by atoms with E-state index in [1.54, 1.807) is 43.5 Å². The zero-order valence-electron chi connectivity index (χ0n) is 14.8. The van der Waals surface area contributed by atoms with E-state index in [1.807, 2.05) is 24.3 Å². The highest BCUT2D eigenvalue weighted by molar-refractivity contribution is 6.31. The number of carbonyl (C=O) groups is 1. The third kappa shape index (κ3) is 5.18. The van der Waals surface area contributed by atoms with Crippen molar-refractivity contribution in [2.45, 2.75) is 13.5 Å². The van der Waals surface area contributed by atoms with E-state index < -0.39 is 0 Å². The molecule has 0 bridgehead atoms. The summed E-state index contributed by atoms with van der Waals surface area (Å²) < 4.78 is 4.97. The Morgan fingerprint density at radius 1 is 1.11 bits per heavy atom. The van der Waals surface area contributed by atoms with Crippen LogP contribution in [0.25, 0.3) is 0 Å². The molecule has 0 unspecified atom stereocenters. The number of aromatic nitrogens is 2. The van der Waals surface area contributed by atoms with Crippen molar-refractivity contribution in [2.75, 3.05) is 17.2 Å². The molecule has 7 heteroatoms. The Morgan fingerprint density at radius 2 is 1.89 bits per heavy atom. The van der Waals surface area contributed by atoms with Gasteiger partial charge in [0.1, 0.15) is 5.82 Å². The van der Waals surface area contributed by atoms with Crippen molar-refractivity contribution in [2.24, 2.45) is 0 Å². The number of nitrogens with zero attached hydrogens (tertiary/aromatic N) is 2. The molecule has 2 N–H and O–H groups in total. The molecule has 0 radical (unpaired) electrons. The Balaban J connectivity index is 1.63. The van der Waals surface area contributed by atoms with Crippen LogP contribution in [0.5, 0.6) is 0 Å². The van der Waals surface area contributed by atoms with E-state index in [4.69, 9.17) is 16.3 Å². The molecule has 2 aromatic carbocycles. The molecule has 27 heavy (non-hydrogen) atoms. The Morgan fingerprint density at radius 3 is 2.63 bits per heavy atom. The molecule has 0 aliphatic carbocycles. The quantitative estimate of drug-likeness (QED) is 0.578. The lowest BCUT2D eigenvalue weighted by atomic mass is 10.2. The number of halogens is 1. The van der Waals surface area contributed by atoms with Crippen molar-refractivity contribution in [3.05, 3.63) is 76.9 Å². The standard InChI is InChI=1S/C20H19ClN4O2/c1-2-27-19(26)14-7-9-16(10-8-14)24-20-22-12-11-18(25-20)23-13-15-5-3-4-6-17(15)21/h3-12H,2,13H2,1H3,(H2,22,23,24,25). The molecule has 1 heterocycles. The molecule has 3 rings (SSSR count). The van der Waals surface area contributed by atoms with Crippen LogP contribution >= 0.6 is 11.6 Å². The van der Waals surface area contributed by atoms with Gasteiger partial charge in [0.05, 0.1) is 12.2 Å². The molecular weight excluding hydrogens is 364 g/mol. The van der Waals surface area contributed by atoms with Gasteiger partial charge in [0.25, 0.3) is 0 Å². The molecular formula is C20H19ClN4O2. The van der Waals surface area contributed by atoms with Crippen LogP contribution in [0.1, 0.15) is 22.8 Å². The minimum Gasteiger partial charge on any atom is -0.462 e. The minimum absolute atomic E-state index is 0.342. The fraction of sp³-hybridized carbons (Fsp3) is 0.150. The van der Waals surface area contributed by atoms with E-state index >= 15 is 0 Å². The molecule has 0 saturated carbocycles. The number of nitrogens with one attached hydrogen (secondary N) is 2. The van der Waals surface area contributed by atoms with Gasteiger partial charge >= 0.3 is 5.97 Å². The third-order valence-corrected chi connectivity index (χ3v) is 4.09.